The highest BCUT2D eigenvalue weighted by Gasteiger charge is 2.59. The Balaban J connectivity index is 2.04. The largest absolute Gasteiger partial charge is 0.420 e. The van der Waals surface area contributed by atoms with E-state index in [4.69, 9.17) is 4.65 Å². The Bertz CT molecular complexity index is 324. The lowest BCUT2D eigenvalue weighted by Gasteiger charge is -2.56. The Hall–Kier alpha value is -0.415. The number of aromatic nitrogens is 2. The molecule has 14 heavy (non-hydrogen) atoms. The first-order valence-corrected chi connectivity index (χ1v) is 5.65. The highest BCUT2D eigenvalue weighted by Crippen LogP contribution is 2.57. The summed E-state index contributed by atoms with van der Waals surface area (Å²) in [5.41, 5.74) is -0.0194. The van der Waals surface area contributed by atoms with Gasteiger partial charge >= 0.3 is 6.19 Å². The average Bonchev–Trinajstić information content (AvgIpc) is 2.55. The average molecular weight is 210 g/mol. The lowest BCUT2D eigenvalue weighted by atomic mass is 9.49. The van der Waals surface area contributed by atoms with Crippen molar-refractivity contribution in [2.24, 2.45) is 0 Å². The zero-order valence-corrected chi connectivity index (χ0v) is 9.81. The van der Waals surface area contributed by atoms with Crippen LogP contribution in [0.25, 0.3) is 0 Å². The summed E-state index contributed by atoms with van der Waals surface area (Å²) >= 11 is 1.73. The predicted octanol–water partition coefficient (Wildman–Crippen LogP) is 2.58. The Morgan fingerprint density at radius 1 is 1.43 bits per heavy atom. The molecule has 0 bridgehead atoms. The maximum Gasteiger partial charge on any atom is 0.375 e. The van der Waals surface area contributed by atoms with Gasteiger partial charge in [0.25, 0.3) is 0 Å². The van der Waals surface area contributed by atoms with Crippen LogP contribution < -0.4 is 0 Å². The molecular formula is C9H15BN2OS. The monoisotopic (exact) mass is 210 g/mol. The smallest absolute Gasteiger partial charge is 0.375 e. The fraction of sp³-hybridized carbons (Fsp3) is 0.667. The molecule has 0 aliphatic carbocycles. The number of nitrogens with zero attached hydrogens (tertiary/aromatic N) is 1. The van der Waals surface area contributed by atoms with Crippen LogP contribution in [0.5, 0.6) is 0 Å². The zero-order valence-electron chi connectivity index (χ0n) is 9.00. The van der Waals surface area contributed by atoms with Crippen molar-refractivity contribution in [3.63, 3.8) is 0 Å². The Kier molecular flexibility index (Phi) is 2.19. The van der Waals surface area contributed by atoms with Crippen molar-refractivity contribution in [3.8, 4) is 0 Å². The van der Waals surface area contributed by atoms with E-state index in [0.717, 1.165) is 4.90 Å². The van der Waals surface area contributed by atoms with Crippen LogP contribution in [-0.2, 0) is 4.65 Å². The molecule has 1 aliphatic heterocycles. The van der Waals surface area contributed by atoms with Crippen molar-refractivity contribution in [3.05, 3.63) is 12.4 Å². The molecule has 2 rings (SSSR count). The first-order chi connectivity index (χ1) is 6.43. The van der Waals surface area contributed by atoms with E-state index in [1.165, 1.54) is 0 Å². The summed E-state index contributed by atoms with van der Waals surface area (Å²) in [6, 6.07) is 0. The summed E-state index contributed by atoms with van der Waals surface area (Å²) in [6.07, 6.45) is 3.96. The number of aromatic amines is 1. The van der Waals surface area contributed by atoms with Crippen LogP contribution in [0.15, 0.2) is 17.3 Å². The van der Waals surface area contributed by atoms with Crippen LogP contribution in [-0.4, -0.2) is 22.0 Å². The van der Waals surface area contributed by atoms with E-state index in [1.807, 2.05) is 12.4 Å². The van der Waals surface area contributed by atoms with Gasteiger partial charge in [0.15, 0.2) is 0 Å². The number of hydrogen-bond acceptors (Lipinski definition) is 3. The van der Waals surface area contributed by atoms with E-state index in [9.17, 15) is 0 Å². The Labute approximate surface area is 89.0 Å². The molecule has 1 aliphatic rings. The molecule has 0 spiro atoms. The highest BCUT2D eigenvalue weighted by atomic mass is 32.2. The molecule has 0 amide bonds. The Morgan fingerprint density at radius 2 is 2.14 bits per heavy atom. The normalized spacial score (nSPS) is 23.3. The third kappa shape index (κ3) is 1.39. The molecule has 0 atom stereocenters. The summed E-state index contributed by atoms with van der Waals surface area (Å²) in [5, 5.41) is 6.92. The van der Waals surface area contributed by atoms with E-state index in [-0.39, 0.29) is 17.1 Å². The molecule has 3 nitrogen and oxygen atoms in total. The van der Waals surface area contributed by atoms with Gasteiger partial charge in [-0.1, -0.05) is 13.8 Å². The molecular weight excluding hydrogens is 195 g/mol. The van der Waals surface area contributed by atoms with Gasteiger partial charge in [0, 0.05) is 22.0 Å². The second kappa shape index (κ2) is 3.04. The number of rotatable bonds is 2. The van der Waals surface area contributed by atoms with Crippen molar-refractivity contribution in [1.82, 2.24) is 10.2 Å². The molecule has 76 valence electrons. The minimum Gasteiger partial charge on any atom is -0.420 e. The highest BCUT2D eigenvalue weighted by molar-refractivity contribution is 8.25. The van der Waals surface area contributed by atoms with Gasteiger partial charge < -0.3 is 4.65 Å². The maximum absolute atomic E-state index is 5.84. The van der Waals surface area contributed by atoms with Crippen LogP contribution in [0.3, 0.4) is 0 Å². The van der Waals surface area contributed by atoms with Crippen molar-refractivity contribution in [2.45, 2.75) is 43.5 Å². The summed E-state index contributed by atoms with van der Waals surface area (Å²) in [6.45, 7) is 8.77. The van der Waals surface area contributed by atoms with Crippen LogP contribution in [0, 0.1) is 0 Å². The fourth-order valence-corrected chi connectivity index (χ4v) is 2.74. The van der Waals surface area contributed by atoms with Gasteiger partial charge in [-0.25, -0.2) is 0 Å². The zero-order chi connectivity index (χ0) is 10.4. The van der Waals surface area contributed by atoms with Crippen LogP contribution in [0.4, 0.5) is 0 Å². The molecule has 2 heterocycles. The third-order valence-corrected chi connectivity index (χ3v) is 4.65. The molecule has 1 N–H and O–H groups in total. The van der Waals surface area contributed by atoms with E-state index < -0.39 is 0 Å². The molecule has 0 radical (unpaired) electrons. The summed E-state index contributed by atoms with van der Waals surface area (Å²) in [5.74, 6) is 0. The molecule has 1 fully saturated rings. The fourth-order valence-electron chi connectivity index (χ4n) is 1.39. The van der Waals surface area contributed by atoms with Crippen molar-refractivity contribution >= 4 is 17.8 Å². The predicted molar refractivity (Wildman–Crippen MR) is 59.4 cm³/mol. The minimum absolute atomic E-state index is 0.0194. The quantitative estimate of drug-likeness (QED) is 0.762. The molecule has 1 aromatic rings. The van der Waals surface area contributed by atoms with Crippen molar-refractivity contribution in [2.75, 3.05) is 0 Å². The lowest BCUT2D eigenvalue weighted by Crippen LogP contribution is -2.59. The van der Waals surface area contributed by atoms with Crippen LogP contribution in [0.2, 0.25) is 5.31 Å². The van der Waals surface area contributed by atoms with Crippen LogP contribution in [0.1, 0.15) is 27.7 Å². The van der Waals surface area contributed by atoms with Crippen LogP contribution >= 0.6 is 11.6 Å². The first-order valence-electron chi connectivity index (χ1n) is 4.77. The molecule has 0 saturated carbocycles. The third-order valence-electron chi connectivity index (χ3n) is 3.26. The molecule has 1 aromatic heterocycles. The van der Waals surface area contributed by atoms with E-state index in [0.29, 0.717) is 0 Å². The summed E-state index contributed by atoms with van der Waals surface area (Å²) in [4.78, 5) is 1.14. The van der Waals surface area contributed by atoms with Gasteiger partial charge in [0.2, 0.25) is 0 Å². The Morgan fingerprint density at radius 3 is 2.57 bits per heavy atom. The van der Waals surface area contributed by atoms with Crippen molar-refractivity contribution < 1.29 is 4.65 Å². The molecule has 1 saturated heterocycles. The van der Waals surface area contributed by atoms with Gasteiger partial charge in [-0.05, 0) is 13.8 Å². The van der Waals surface area contributed by atoms with E-state index in [2.05, 4.69) is 37.9 Å². The lowest BCUT2D eigenvalue weighted by molar-refractivity contribution is -0.00482. The number of hydrogen-bond donors (Lipinski definition) is 1. The summed E-state index contributed by atoms with van der Waals surface area (Å²) in [7, 11) is 0. The van der Waals surface area contributed by atoms with E-state index >= 15 is 0 Å². The number of H-pyrrole nitrogens is 1. The first kappa shape index (κ1) is 10.1. The van der Waals surface area contributed by atoms with Gasteiger partial charge in [0.05, 0.1) is 6.20 Å². The molecule has 0 unspecified atom stereocenters. The molecule has 0 aromatic carbocycles. The van der Waals surface area contributed by atoms with E-state index in [1.54, 1.807) is 11.6 Å². The summed E-state index contributed by atoms with van der Waals surface area (Å²) < 4.78 is 5.84. The second-order valence-electron chi connectivity index (χ2n) is 4.73. The van der Waals surface area contributed by atoms with Gasteiger partial charge in [-0.3, -0.25) is 5.10 Å². The van der Waals surface area contributed by atoms with Gasteiger partial charge in [-0.2, -0.15) is 5.10 Å². The second-order valence-corrected chi connectivity index (χ2v) is 5.87. The maximum atomic E-state index is 5.84. The minimum atomic E-state index is -0.0194. The van der Waals surface area contributed by atoms with Crippen molar-refractivity contribution in [1.29, 1.82) is 0 Å². The number of nitrogens with one attached hydrogen (secondary N) is 1. The van der Waals surface area contributed by atoms with Gasteiger partial charge in [-0.15, -0.1) is 11.6 Å². The molecule has 5 heteroatoms. The topological polar surface area (TPSA) is 37.9 Å². The SMILES string of the molecule is CC1(C)OB(Sc2cn[nH]c2)C1(C)C. The van der Waals surface area contributed by atoms with Gasteiger partial charge in [0.1, 0.15) is 0 Å². The standard InChI is InChI=1S/C9H15BN2OS/c1-8(2)9(3,4)13-10(8)14-7-5-11-12-6-7/h5-6H,1-4H3,(H,11,12).